The number of benzene rings is 1. The zero-order valence-electron chi connectivity index (χ0n) is 38.4. The summed E-state index contributed by atoms with van der Waals surface area (Å²) in [5.74, 6) is 3.57. The number of halogens is 2. The molecule has 334 valence electrons. The number of rotatable bonds is 7. The molecule has 63 heavy (non-hydrogen) atoms. The highest BCUT2D eigenvalue weighted by Crippen LogP contribution is 2.48. The number of fused-ring (bicyclic) bond motifs is 7. The van der Waals surface area contributed by atoms with E-state index in [1.807, 2.05) is 50.8 Å². The van der Waals surface area contributed by atoms with Crippen LogP contribution in [0, 0.1) is 17.3 Å². The van der Waals surface area contributed by atoms with Crippen LogP contribution < -0.4 is 14.4 Å². The lowest BCUT2D eigenvalue weighted by molar-refractivity contribution is 0.000934. The van der Waals surface area contributed by atoms with Gasteiger partial charge in [0.05, 0.1) is 23.7 Å². The highest BCUT2D eigenvalue weighted by molar-refractivity contribution is 6.90. The second-order valence-corrected chi connectivity index (χ2v) is 26.2. The van der Waals surface area contributed by atoms with Crippen molar-refractivity contribution in [2.45, 2.75) is 153 Å². The van der Waals surface area contributed by atoms with E-state index in [4.69, 9.17) is 29.2 Å². The first-order valence-corrected chi connectivity index (χ1v) is 25.0. The Bertz CT molecular complexity index is 2540. The fourth-order valence-electron chi connectivity index (χ4n) is 12.0. The number of carbonyl (C=O) groups is 1. The van der Waals surface area contributed by atoms with Gasteiger partial charge >= 0.3 is 12.1 Å². The molecule has 4 aromatic rings. The molecule has 2 bridgehead atoms. The van der Waals surface area contributed by atoms with Gasteiger partial charge in [-0.25, -0.2) is 18.6 Å². The van der Waals surface area contributed by atoms with Crippen LogP contribution in [0.15, 0.2) is 42.7 Å². The molecule has 5 aliphatic heterocycles. The summed E-state index contributed by atoms with van der Waals surface area (Å²) in [6.07, 6.45) is 3.94. The quantitative estimate of drug-likeness (QED) is 0.101. The number of nitrogens with zero attached hydrogens (tertiary/aromatic N) is 7. The Morgan fingerprint density at radius 2 is 1.79 bits per heavy atom. The number of aromatic nitrogens is 4. The van der Waals surface area contributed by atoms with Gasteiger partial charge in [0.2, 0.25) is 5.88 Å². The van der Waals surface area contributed by atoms with Crippen molar-refractivity contribution in [1.82, 2.24) is 29.7 Å². The number of hydrogen-bond donors (Lipinski definition) is 0. The molecule has 1 amide bonds. The summed E-state index contributed by atoms with van der Waals surface area (Å²) in [4.78, 5) is 39.4. The van der Waals surface area contributed by atoms with Crippen LogP contribution >= 0.6 is 0 Å². The van der Waals surface area contributed by atoms with Crippen molar-refractivity contribution in [3.63, 3.8) is 0 Å². The maximum atomic E-state index is 17.9. The Kier molecular flexibility index (Phi) is 10.8. The van der Waals surface area contributed by atoms with Gasteiger partial charge in [0, 0.05) is 60.3 Å². The van der Waals surface area contributed by atoms with E-state index in [0.717, 1.165) is 34.8 Å². The van der Waals surface area contributed by atoms with Gasteiger partial charge < -0.3 is 19.1 Å². The lowest BCUT2D eigenvalue weighted by Gasteiger charge is -2.48. The van der Waals surface area contributed by atoms with E-state index in [0.29, 0.717) is 65.9 Å². The minimum absolute atomic E-state index is 0.00355. The van der Waals surface area contributed by atoms with E-state index in [-0.39, 0.29) is 53.9 Å². The molecule has 1 aromatic carbocycles. The van der Waals surface area contributed by atoms with Gasteiger partial charge in [-0.3, -0.25) is 14.8 Å². The number of carbonyl (C=O) groups excluding carboxylic acids is 1. The molecular weight excluding hydrogens is 817 g/mol. The molecule has 5 aliphatic rings. The van der Waals surface area contributed by atoms with Crippen molar-refractivity contribution < 1.29 is 27.8 Å². The van der Waals surface area contributed by atoms with Crippen LogP contribution in [0.1, 0.15) is 100 Å². The highest BCUT2D eigenvalue weighted by atomic mass is 28.3. The molecule has 11 nitrogen and oxygen atoms in total. The van der Waals surface area contributed by atoms with Gasteiger partial charge in [-0.1, -0.05) is 71.7 Å². The van der Waals surface area contributed by atoms with Gasteiger partial charge in [0.15, 0.2) is 5.82 Å². The number of alkyl halides is 1. The maximum Gasteiger partial charge on any atom is 0.410 e. The van der Waals surface area contributed by atoms with Gasteiger partial charge in [0.25, 0.3) is 0 Å². The Hall–Kier alpha value is -4.87. The van der Waals surface area contributed by atoms with Crippen LogP contribution in [0.4, 0.5) is 19.4 Å². The van der Waals surface area contributed by atoms with Crippen LogP contribution in [0.25, 0.3) is 32.9 Å². The number of piperazine rings is 1. The predicted octanol–water partition coefficient (Wildman–Crippen LogP) is 9.81. The number of amides is 1. The van der Waals surface area contributed by atoms with Gasteiger partial charge in [-0.05, 0) is 69.6 Å². The first kappa shape index (κ1) is 43.4. The molecule has 4 fully saturated rings. The summed E-state index contributed by atoms with van der Waals surface area (Å²) in [6, 6.07) is 5.06. The summed E-state index contributed by atoms with van der Waals surface area (Å²) < 4.78 is 52.2. The zero-order valence-corrected chi connectivity index (χ0v) is 39.4. The molecule has 6 atom stereocenters. The molecule has 9 rings (SSSR count). The van der Waals surface area contributed by atoms with E-state index in [9.17, 15) is 9.18 Å². The van der Waals surface area contributed by atoms with Crippen molar-refractivity contribution in [1.29, 1.82) is 0 Å². The van der Waals surface area contributed by atoms with Crippen molar-refractivity contribution in [2.75, 3.05) is 31.1 Å². The molecule has 1 unspecified atom stereocenters. The summed E-state index contributed by atoms with van der Waals surface area (Å²) in [5, 5.41) is 1.88. The average Bonchev–Trinajstić information content (AvgIpc) is 3.77. The molecule has 0 spiro atoms. The molecule has 0 aliphatic carbocycles. The van der Waals surface area contributed by atoms with Crippen LogP contribution in [-0.4, -0.2) is 112 Å². The second-order valence-electron chi connectivity index (χ2n) is 20.6. The minimum Gasteiger partial charge on any atom is -0.472 e. The zero-order chi connectivity index (χ0) is 44.9. The normalized spacial score (nSPS) is 25.7. The van der Waals surface area contributed by atoms with Crippen LogP contribution in [-0.2, 0) is 4.74 Å². The van der Waals surface area contributed by atoms with Crippen LogP contribution in [0.3, 0.4) is 0 Å². The van der Waals surface area contributed by atoms with Crippen molar-refractivity contribution >= 4 is 41.7 Å². The summed E-state index contributed by atoms with van der Waals surface area (Å²) in [7, 11) is -2.14. The average molecular weight is 878 g/mol. The van der Waals surface area contributed by atoms with Crippen molar-refractivity contribution in [2.24, 2.45) is 0 Å². The Labute approximate surface area is 371 Å². The molecule has 4 saturated heterocycles. The second kappa shape index (κ2) is 15.7. The maximum absolute atomic E-state index is 17.9. The van der Waals surface area contributed by atoms with Crippen molar-refractivity contribution in [3.8, 4) is 34.6 Å². The Morgan fingerprint density at radius 3 is 2.51 bits per heavy atom. The van der Waals surface area contributed by atoms with E-state index in [1.165, 1.54) is 0 Å². The molecular formula is C49H61F2N7O4Si. The standard InChI is InChI=1S/C49H61F2N7O4Si/c1-27(2)63(28(3)4,29(5)6)18-17-32-13-12-14-33-21-52-22-36(38(32)33)41-40(51)42-39-44(55-46(54-42)60-26-49-19-30(7)23-56(49)24-34(50)20-49)57-25-35-15-16-37(43(57)31(8)61-45(39)53-41)58(35)47(59)62-48(9,10)11/h12-14,21-22,27-29,31,34-35,37,43H,7,15-16,19-20,23-26H2,1-6,8-11H3/t31-,34+,35+,37-,43+,49?/m0/s1. The molecule has 14 heteroatoms. The first-order valence-electron chi connectivity index (χ1n) is 22.8. The van der Waals surface area contributed by atoms with E-state index in [2.05, 4.69) is 74.4 Å². The fourth-order valence-corrected chi connectivity index (χ4v) is 17.3. The number of ether oxygens (including phenoxy) is 3. The third-order valence-electron chi connectivity index (χ3n) is 14.5. The molecule has 0 N–H and O–H groups in total. The first-order chi connectivity index (χ1) is 29.8. The molecule has 0 radical (unpaired) electrons. The summed E-state index contributed by atoms with van der Waals surface area (Å²) >= 11 is 0. The van der Waals surface area contributed by atoms with Crippen molar-refractivity contribution in [3.05, 3.63) is 54.1 Å². The monoisotopic (exact) mass is 877 g/mol. The largest absolute Gasteiger partial charge is 0.472 e. The molecule has 0 saturated carbocycles. The van der Waals surface area contributed by atoms with Crippen LogP contribution in [0.5, 0.6) is 11.9 Å². The number of hydrogen-bond acceptors (Lipinski definition) is 10. The van der Waals surface area contributed by atoms with E-state index < -0.39 is 37.3 Å². The smallest absolute Gasteiger partial charge is 0.410 e. The minimum atomic E-state index is -2.14. The molecule has 3 aromatic heterocycles. The van der Waals surface area contributed by atoms with Crippen LogP contribution in [0.2, 0.25) is 16.6 Å². The third kappa shape index (κ3) is 7.21. The van der Waals surface area contributed by atoms with Gasteiger partial charge in [-0.2, -0.15) is 9.97 Å². The third-order valence-corrected chi connectivity index (χ3v) is 20.8. The number of pyridine rings is 2. The van der Waals surface area contributed by atoms with E-state index >= 15 is 4.39 Å². The number of anilines is 1. The SMILES string of the molecule is C=C1CN2C[C@H](F)CC2(COc2nc3c4c(nc(-c5cncc6cccc(C#C[Si](C(C)C)(C(C)C)C(C)C)c56)c(F)c4n2)O[C@@H](C)[C@@H]2[C@@H]4CC[C@H](CN32)N4C(=O)OC(C)(C)C)C1. The highest BCUT2D eigenvalue weighted by Gasteiger charge is 2.55. The van der Waals surface area contributed by atoms with E-state index in [1.54, 1.807) is 12.4 Å². The predicted molar refractivity (Wildman–Crippen MR) is 245 cm³/mol. The summed E-state index contributed by atoms with van der Waals surface area (Å²) in [5.41, 5.74) is 6.16. The Morgan fingerprint density at radius 1 is 1.05 bits per heavy atom. The van der Waals surface area contributed by atoms with Gasteiger partial charge in [0.1, 0.15) is 55.0 Å². The molecule has 8 heterocycles. The lowest BCUT2D eigenvalue weighted by Crippen LogP contribution is -2.65. The summed E-state index contributed by atoms with van der Waals surface area (Å²) in [6.45, 7) is 26.9. The topological polar surface area (TPSA) is 106 Å². The Balaban J connectivity index is 1.22. The fraction of sp³-hybridized carbons (Fsp3) is 0.571. The van der Waals surface area contributed by atoms with Gasteiger partial charge in [-0.15, -0.1) is 5.54 Å². The lowest BCUT2D eigenvalue weighted by atomic mass is 9.93.